The highest BCUT2D eigenvalue weighted by Gasteiger charge is 2.31. The van der Waals surface area contributed by atoms with Gasteiger partial charge in [0.2, 0.25) is 5.95 Å². The average Bonchev–Trinajstić information content (AvgIpc) is 2.72. The van der Waals surface area contributed by atoms with Crippen LogP contribution in [0.2, 0.25) is 0 Å². The normalized spacial score (nSPS) is 13.3. The number of nitrogens with zero attached hydrogens (tertiary/aromatic N) is 4. The van der Waals surface area contributed by atoms with Crippen molar-refractivity contribution in [1.29, 1.82) is 0 Å². The summed E-state index contributed by atoms with van der Waals surface area (Å²) in [7, 11) is 1.69. The molecule has 0 aliphatic carbocycles. The standard InChI is InChI=1S/C21H19N5O2/c1-14-8-9-15(13-27)10-18(14)26-12-16-11-22-20(23-17-6-4-3-5-7-17)24-19(16)25(2)21(26)28/h3-11,13H,12H2,1-2H3,(H,22,23,24). The minimum absolute atomic E-state index is 0.206. The zero-order valence-electron chi connectivity index (χ0n) is 15.6. The van der Waals surface area contributed by atoms with Gasteiger partial charge in [-0.25, -0.2) is 9.78 Å². The number of benzene rings is 2. The Kier molecular flexibility index (Phi) is 4.49. The van der Waals surface area contributed by atoms with Gasteiger partial charge in [0, 0.05) is 35.7 Å². The number of nitrogens with one attached hydrogen (secondary N) is 1. The van der Waals surface area contributed by atoms with Crippen LogP contribution in [0.5, 0.6) is 0 Å². The molecule has 2 amide bonds. The summed E-state index contributed by atoms with van der Waals surface area (Å²) in [4.78, 5) is 36.2. The summed E-state index contributed by atoms with van der Waals surface area (Å²) in [5, 5.41) is 3.14. The van der Waals surface area contributed by atoms with E-state index in [9.17, 15) is 9.59 Å². The van der Waals surface area contributed by atoms with E-state index in [-0.39, 0.29) is 6.03 Å². The van der Waals surface area contributed by atoms with E-state index in [1.807, 2.05) is 43.3 Å². The van der Waals surface area contributed by atoms with Crippen LogP contribution in [-0.4, -0.2) is 29.3 Å². The van der Waals surface area contributed by atoms with E-state index in [2.05, 4.69) is 15.3 Å². The van der Waals surface area contributed by atoms with Gasteiger partial charge >= 0.3 is 6.03 Å². The van der Waals surface area contributed by atoms with Crippen LogP contribution < -0.4 is 15.1 Å². The first-order valence-electron chi connectivity index (χ1n) is 8.86. The number of hydrogen-bond donors (Lipinski definition) is 1. The van der Waals surface area contributed by atoms with Crippen molar-refractivity contribution in [2.75, 3.05) is 22.2 Å². The molecule has 28 heavy (non-hydrogen) atoms. The second-order valence-corrected chi connectivity index (χ2v) is 6.62. The molecule has 0 unspecified atom stereocenters. The molecule has 0 saturated carbocycles. The fourth-order valence-electron chi connectivity index (χ4n) is 3.20. The van der Waals surface area contributed by atoms with E-state index in [0.717, 1.165) is 23.1 Å². The minimum Gasteiger partial charge on any atom is -0.324 e. The number of aldehydes is 1. The van der Waals surface area contributed by atoms with E-state index in [0.29, 0.717) is 29.6 Å². The molecule has 2 aromatic carbocycles. The van der Waals surface area contributed by atoms with Crippen LogP contribution in [0, 0.1) is 6.92 Å². The summed E-state index contributed by atoms with van der Waals surface area (Å²) >= 11 is 0. The molecule has 0 atom stereocenters. The number of para-hydroxylation sites is 1. The Morgan fingerprint density at radius 1 is 1.14 bits per heavy atom. The minimum atomic E-state index is -0.206. The number of aromatic nitrogens is 2. The highest BCUT2D eigenvalue weighted by Crippen LogP contribution is 2.32. The lowest BCUT2D eigenvalue weighted by atomic mass is 10.1. The molecule has 0 fully saturated rings. The van der Waals surface area contributed by atoms with Gasteiger partial charge in [-0.3, -0.25) is 14.6 Å². The quantitative estimate of drug-likeness (QED) is 0.702. The fraction of sp³-hybridized carbons (Fsp3) is 0.143. The molecule has 7 nitrogen and oxygen atoms in total. The number of aryl methyl sites for hydroxylation is 1. The molecule has 7 heteroatoms. The first-order valence-corrected chi connectivity index (χ1v) is 8.86. The van der Waals surface area contributed by atoms with Crippen LogP contribution in [-0.2, 0) is 6.54 Å². The monoisotopic (exact) mass is 373 g/mol. The van der Waals surface area contributed by atoms with E-state index in [1.54, 1.807) is 30.3 Å². The molecule has 1 aromatic heterocycles. The molecule has 1 aliphatic heterocycles. The fourth-order valence-corrected chi connectivity index (χ4v) is 3.20. The first-order chi connectivity index (χ1) is 13.6. The molecule has 4 rings (SSSR count). The van der Waals surface area contributed by atoms with E-state index in [1.165, 1.54) is 4.90 Å². The highest BCUT2D eigenvalue weighted by molar-refractivity contribution is 6.05. The molecule has 0 spiro atoms. The van der Waals surface area contributed by atoms with Gasteiger partial charge in [0.15, 0.2) is 0 Å². The number of carbonyl (C=O) groups excluding carboxylic acids is 2. The van der Waals surface area contributed by atoms with Gasteiger partial charge in [-0.1, -0.05) is 30.3 Å². The van der Waals surface area contributed by atoms with Gasteiger partial charge in [0.1, 0.15) is 12.1 Å². The van der Waals surface area contributed by atoms with Crippen molar-refractivity contribution in [1.82, 2.24) is 9.97 Å². The summed E-state index contributed by atoms with van der Waals surface area (Å²) in [6, 6.07) is 14.7. The molecular weight excluding hydrogens is 354 g/mol. The van der Waals surface area contributed by atoms with Crippen molar-refractivity contribution in [2.45, 2.75) is 13.5 Å². The van der Waals surface area contributed by atoms with E-state index in [4.69, 9.17) is 0 Å². The lowest BCUT2D eigenvalue weighted by Crippen LogP contribution is -2.46. The number of amides is 2. The van der Waals surface area contributed by atoms with Gasteiger partial charge in [-0.05, 0) is 30.7 Å². The summed E-state index contributed by atoms with van der Waals surface area (Å²) in [5.74, 6) is 0.996. The molecule has 0 radical (unpaired) electrons. The van der Waals surface area contributed by atoms with Crippen molar-refractivity contribution in [3.05, 3.63) is 71.4 Å². The second kappa shape index (κ2) is 7.11. The number of fused-ring (bicyclic) bond motifs is 1. The third-order valence-electron chi connectivity index (χ3n) is 4.70. The Balaban J connectivity index is 1.67. The van der Waals surface area contributed by atoms with Crippen LogP contribution in [0.15, 0.2) is 54.7 Å². The SMILES string of the molecule is Cc1ccc(C=O)cc1N1Cc2cnc(Nc3ccccc3)nc2N(C)C1=O. The van der Waals surface area contributed by atoms with Gasteiger partial charge in [-0.2, -0.15) is 4.98 Å². The summed E-state index contributed by atoms with van der Waals surface area (Å²) < 4.78 is 0. The van der Waals surface area contributed by atoms with Gasteiger partial charge in [0.05, 0.1) is 6.54 Å². The predicted molar refractivity (Wildman–Crippen MR) is 108 cm³/mol. The number of carbonyl (C=O) groups is 2. The van der Waals surface area contributed by atoms with Crippen LogP contribution in [0.3, 0.4) is 0 Å². The third kappa shape index (κ3) is 3.18. The largest absolute Gasteiger partial charge is 0.330 e. The van der Waals surface area contributed by atoms with Crippen molar-refractivity contribution in [3.63, 3.8) is 0 Å². The topological polar surface area (TPSA) is 78.4 Å². The molecule has 3 aromatic rings. The first kappa shape index (κ1) is 17.7. The molecule has 140 valence electrons. The van der Waals surface area contributed by atoms with Crippen molar-refractivity contribution in [2.24, 2.45) is 0 Å². The van der Waals surface area contributed by atoms with Crippen LogP contribution >= 0.6 is 0 Å². The third-order valence-corrected chi connectivity index (χ3v) is 4.70. The van der Waals surface area contributed by atoms with Crippen LogP contribution in [0.25, 0.3) is 0 Å². The van der Waals surface area contributed by atoms with Crippen molar-refractivity contribution >= 4 is 35.5 Å². The van der Waals surface area contributed by atoms with Crippen LogP contribution in [0.1, 0.15) is 21.5 Å². The molecular formula is C21H19N5O2. The summed E-state index contributed by atoms with van der Waals surface area (Å²) in [6.45, 7) is 2.25. The molecule has 0 saturated heterocycles. The predicted octanol–water partition coefficient (Wildman–Crippen LogP) is 3.92. The smallest absolute Gasteiger partial charge is 0.324 e. The second-order valence-electron chi connectivity index (χ2n) is 6.62. The Morgan fingerprint density at radius 3 is 2.68 bits per heavy atom. The zero-order valence-corrected chi connectivity index (χ0v) is 15.6. The summed E-state index contributed by atoms with van der Waals surface area (Å²) in [5.41, 5.74) is 3.85. The maximum atomic E-state index is 13.0. The average molecular weight is 373 g/mol. The number of anilines is 4. The van der Waals surface area contributed by atoms with Crippen molar-refractivity contribution in [3.8, 4) is 0 Å². The number of hydrogen-bond acceptors (Lipinski definition) is 5. The van der Waals surface area contributed by atoms with Crippen molar-refractivity contribution < 1.29 is 9.59 Å². The highest BCUT2D eigenvalue weighted by atomic mass is 16.2. The summed E-state index contributed by atoms with van der Waals surface area (Å²) in [6.07, 6.45) is 2.50. The van der Waals surface area contributed by atoms with Crippen LogP contribution in [0.4, 0.5) is 27.9 Å². The Morgan fingerprint density at radius 2 is 1.93 bits per heavy atom. The van der Waals surface area contributed by atoms with Gasteiger partial charge in [-0.15, -0.1) is 0 Å². The van der Waals surface area contributed by atoms with Gasteiger partial charge < -0.3 is 5.32 Å². The maximum Gasteiger partial charge on any atom is 0.330 e. The molecule has 1 aliphatic rings. The maximum absolute atomic E-state index is 13.0. The molecule has 1 N–H and O–H groups in total. The number of urea groups is 1. The number of rotatable bonds is 4. The molecule has 2 heterocycles. The molecule has 0 bridgehead atoms. The zero-order chi connectivity index (χ0) is 19.7. The van der Waals surface area contributed by atoms with Gasteiger partial charge in [0.25, 0.3) is 0 Å². The van der Waals surface area contributed by atoms with E-state index < -0.39 is 0 Å². The Hall–Kier alpha value is -3.74. The van der Waals surface area contributed by atoms with E-state index >= 15 is 0 Å². The lowest BCUT2D eigenvalue weighted by molar-refractivity contribution is 0.112. The Labute approximate surface area is 162 Å². The Bertz CT molecular complexity index is 1050. The lowest BCUT2D eigenvalue weighted by Gasteiger charge is -2.34.